The van der Waals surface area contributed by atoms with Crippen molar-refractivity contribution in [1.29, 1.82) is 0 Å². The van der Waals surface area contributed by atoms with Gasteiger partial charge in [-0.25, -0.2) is 9.78 Å². The summed E-state index contributed by atoms with van der Waals surface area (Å²) in [6, 6.07) is 10.5. The van der Waals surface area contributed by atoms with Crippen molar-refractivity contribution in [3.8, 4) is 0 Å². The molecule has 0 unspecified atom stereocenters. The molecule has 6 heteroatoms. The number of rotatable bonds is 3. The Balaban J connectivity index is 1.89. The van der Waals surface area contributed by atoms with Crippen molar-refractivity contribution in [3.05, 3.63) is 59.1 Å². The van der Waals surface area contributed by atoms with E-state index in [2.05, 4.69) is 10.3 Å². The average Bonchev–Trinajstić information content (AvgIpc) is 2.42. The molecule has 0 aliphatic carbocycles. The molecule has 0 saturated heterocycles. The summed E-state index contributed by atoms with van der Waals surface area (Å²) in [7, 11) is 0. The Bertz CT molecular complexity index is 578. The van der Waals surface area contributed by atoms with Gasteiger partial charge in [-0.15, -0.1) is 0 Å². The molecule has 1 aromatic heterocycles. The zero-order valence-corrected chi connectivity index (χ0v) is 10.5. The van der Waals surface area contributed by atoms with E-state index in [4.69, 9.17) is 16.3 Å². The second-order valence-electron chi connectivity index (χ2n) is 3.68. The fourth-order valence-corrected chi connectivity index (χ4v) is 1.53. The highest BCUT2D eigenvalue weighted by Crippen LogP contribution is 2.17. The molecule has 0 atom stereocenters. The molecule has 19 heavy (non-hydrogen) atoms. The van der Waals surface area contributed by atoms with Crippen LogP contribution in [-0.2, 0) is 11.3 Å². The van der Waals surface area contributed by atoms with E-state index in [0.29, 0.717) is 0 Å². The lowest BCUT2D eigenvalue weighted by Gasteiger charge is -2.07. The number of halogens is 2. The number of benzene rings is 1. The van der Waals surface area contributed by atoms with Crippen LogP contribution in [0.2, 0.25) is 5.02 Å². The molecule has 0 aliphatic rings. The number of pyridine rings is 1. The van der Waals surface area contributed by atoms with Gasteiger partial charge in [-0.1, -0.05) is 41.9 Å². The van der Waals surface area contributed by atoms with Crippen LogP contribution in [0.25, 0.3) is 0 Å². The summed E-state index contributed by atoms with van der Waals surface area (Å²) in [5.74, 6) is -0.787. The maximum atomic E-state index is 12.8. The molecule has 1 N–H and O–H groups in total. The van der Waals surface area contributed by atoms with Gasteiger partial charge >= 0.3 is 6.09 Å². The first-order valence-electron chi connectivity index (χ1n) is 5.44. The van der Waals surface area contributed by atoms with E-state index in [0.717, 1.165) is 11.8 Å². The lowest BCUT2D eigenvalue weighted by atomic mass is 10.2. The molecular weight excluding hydrogens is 271 g/mol. The number of carbonyl (C=O) groups is 1. The lowest BCUT2D eigenvalue weighted by Crippen LogP contribution is -2.13. The maximum absolute atomic E-state index is 12.8. The molecule has 0 fully saturated rings. The fraction of sp³-hybridized carbons (Fsp3) is 0.0769. The first-order chi connectivity index (χ1) is 9.15. The molecular formula is C13H10ClFN2O2. The number of carbonyl (C=O) groups excluding carboxylic acids is 1. The first-order valence-corrected chi connectivity index (χ1v) is 5.81. The van der Waals surface area contributed by atoms with Crippen LogP contribution in [0.4, 0.5) is 14.9 Å². The summed E-state index contributed by atoms with van der Waals surface area (Å²) in [5.41, 5.74) is 1.14. The van der Waals surface area contributed by atoms with Gasteiger partial charge in [-0.2, -0.15) is 4.39 Å². The predicted molar refractivity (Wildman–Crippen MR) is 69.5 cm³/mol. The van der Waals surface area contributed by atoms with Gasteiger partial charge in [0, 0.05) is 0 Å². The molecule has 98 valence electrons. The Morgan fingerprint density at radius 2 is 2.11 bits per heavy atom. The third-order valence-electron chi connectivity index (χ3n) is 2.26. The molecule has 1 amide bonds. The van der Waals surface area contributed by atoms with Gasteiger partial charge in [0.05, 0.1) is 16.9 Å². The van der Waals surface area contributed by atoms with E-state index in [1.165, 1.54) is 6.07 Å². The van der Waals surface area contributed by atoms with Crippen LogP contribution in [0.15, 0.2) is 42.6 Å². The van der Waals surface area contributed by atoms with Gasteiger partial charge in [0.1, 0.15) is 6.61 Å². The SMILES string of the molecule is O=C(Nc1cnc(F)c(Cl)c1)OCc1ccccc1. The highest BCUT2D eigenvalue weighted by molar-refractivity contribution is 6.30. The standard InChI is InChI=1S/C13H10ClFN2O2/c14-11-6-10(7-16-12(11)15)17-13(18)19-8-9-4-2-1-3-5-9/h1-7H,8H2,(H,17,18). The number of ether oxygens (including phenoxy) is 1. The second-order valence-corrected chi connectivity index (χ2v) is 4.09. The second kappa shape index (κ2) is 6.15. The van der Waals surface area contributed by atoms with Crippen LogP contribution in [-0.4, -0.2) is 11.1 Å². The highest BCUT2D eigenvalue weighted by Gasteiger charge is 2.07. The van der Waals surface area contributed by atoms with Gasteiger partial charge in [0.15, 0.2) is 0 Å². The van der Waals surface area contributed by atoms with Crippen molar-refractivity contribution in [3.63, 3.8) is 0 Å². The normalized spacial score (nSPS) is 10.0. The monoisotopic (exact) mass is 280 g/mol. The largest absolute Gasteiger partial charge is 0.444 e. The highest BCUT2D eigenvalue weighted by atomic mass is 35.5. The molecule has 2 aromatic rings. The summed E-state index contributed by atoms with van der Waals surface area (Å²) < 4.78 is 17.8. The summed E-state index contributed by atoms with van der Waals surface area (Å²) in [6.45, 7) is 0.148. The van der Waals surface area contributed by atoms with Crippen molar-refractivity contribution in [2.24, 2.45) is 0 Å². The minimum atomic E-state index is -0.787. The zero-order valence-electron chi connectivity index (χ0n) is 9.77. The molecule has 0 aliphatic heterocycles. The van der Waals surface area contributed by atoms with Crippen molar-refractivity contribution in [2.45, 2.75) is 6.61 Å². The van der Waals surface area contributed by atoms with Gasteiger partial charge in [0.2, 0.25) is 5.95 Å². The molecule has 0 spiro atoms. The molecule has 1 aromatic carbocycles. The molecule has 0 saturated carbocycles. The Kier molecular flexibility index (Phi) is 4.30. The van der Waals surface area contributed by atoms with Gasteiger partial charge in [-0.05, 0) is 11.6 Å². The Morgan fingerprint density at radius 3 is 2.79 bits per heavy atom. The molecule has 0 bridgehead atoms. The quantitative estimate of drug-likeness (QED) is 0.874. The summed E-state index contributed by atoms with van der Waals surface area (Å²) in [4.78, 5) is 14.9. The third-order valence-corrected chi connectivity index (χ3v) is 2.52. The van der Waals surface area contributed by atoms with E-state index in [1.807, 2.05) is 30.3 Å². The molecule has 0 radical (unpaired) electrons. The number of hydrogen-bond donors (Lipinski definition) is 1. The van der Waals surface area contributed by atoms with Crippen LogP contribution < -0.4 is 5.32 Å². The van der Waals surface area contributed by atoms with Gasteiger partial charge in [-0.3, -0.25) is 5.32 Å². The number of nitrogens with zero attached hydrogens (tertiary/aromatic N) is 1. The van der Waals surface area contributed by atoms with Crippen LogP contribution in [0.5, 0.6) is 0 Å². The number of amides is 1. The first kappa shape index (κ1) is 13.3. The van der Waals surface area contributed by atoms with Crippen molar-refractivity contribution in [2.75, 3.05) is 5.32 Å². The number of anilines is 1. The smallest absolute Gasteiger partial charge is 0.412 e. The number of nitrogens with one attached hydrogen (secondary N) is 1. The van der Waals surface area contributed by atoms with E-state index in [1.54, 1.807) is 0 Å². The van der Waals surface area contributed by atoms with Crippen LogP contribution in [0.3, 0.4) is 0 Å². The van der Waals surface area contributed by atoms with Crippen molar-refractivity contribution in [1.82, 2.24) is 4.98 Å². The Hall–Kier alpha value is -2.14. The van der Waals surface area contributed by atoms with Crippen LogP contribution in [0, 0.1) is 5.95 Å². The fourth-order valence-electron chi connectivity index (χ4n) is 1.37. The van der Waals surface area contributed by atoms with E-state index in [-0.39, 0.29) is 17.3 Å². The minimum Gasteiger partial charge on any atom is -0.444 e. The van der Waals surface area contributed by atoms with E-state index in [9.17, 15) is 9.18 Å². The lowest BCUT2D eigenvalue weighted by molar-refractivity contribution is 0.155. The van der Waals surface area contributed by atoms with Gasteiger partial charge < -0.3 is 4.74 Å². The summed E-state index contributed by atoms with van der Waals surface area (Å²) in [6.07, 6.45) is 0.499. The Labute approximate surface area is 114 Å². The molecule has 2 rings (SSSR count). The maximum Gasteiger partial charge on any atom is 0.412 e. The zero-order chi connectivity index (χ0) is 13.7. The average molecular weight is 281 g/mol. The predicted octanol–water partition coefficient (Wildman–Crippen LogP) is 3.62. The summed E-state index contributed by atoms with van der Waals surface area (Å²) >= 11 is 5.54. The minimum absolute atomic E-state index is 0.148. The van der Waals surface area contributed by atoms with Gasteiger partial charge in [0.25, 0.3) is 0 Å². The van der Waals surface area contributed by atoms with Crippen LogP contribution in [0.1, 0.15) is 5.56 Å². The topological polar surface area (TPSA) is 51.2 Å². The van der Waals surface area contributed by atoms with Crippen LogP contribution >= 0.6 is 11.6 Å². The molecule has 1 heterocycles. The molecule has 4 nitrogen and oxygen atoms in total. The number of aromatic nitrogens is 1. The number of hydrogen-bond acceptors (Lipinski definition) is 3. The van der Waals surface area contributed by atoms with E-state index < -0.39 is 12.0 Å². The van der Waals surface area contributed by atoms with Crippen molar-refractivity contribution >= 4 is 23.4 Å². The van der Waals surface area contributed by atoms with E-state index >= 15 is 0 Å². The summed E-state index contributed by atoms with van der Waals surface area (Å²) in [5, 5.41) is 2.24. The Morgan fingerprint density at radius 1 is 1.37 bits per heavy atom. The third kappa shape index (κ3) is 3.93. The van der Waals surface area contributed by atoms with Crippen molar-refractivity contribution < 1.29 is 13.9 Å².